The lowest BCUT2D eigenvalue weighted by Gasteiger charge is -2.02. The summed E-state index contributed by atoms with van der Waals surface area (Å²) < 4.78 is 4.91. The van der Waals surface area contributed by atoms with Crippen LogP contribution in [0.5, 0.6) is 5.75 Å². The molecule has 0 atom stereocenters. The van der Waals surface area contributed by atoms with Crippen LogP contribution in [0.3, 0.4) is 0 Å². The SMILES string of the molecule is CNc1nccc2ccccc12.COc1ccccc1. The van der Waals surface area contributed by atoms with E-state index in [-0.39, 0.29) is 0 Å². The van der Waals surface area contributed by atoms with Crippen molar-refractivity contribution >= 4 is 16.6 Å². The van der Waals surface area contributed by atoms with E-state index < -0.39 is 0 Å². The van der Waals surface area contributed by atoms with Crippen LogP contribution in [0.1, 0.15) is 0 Å². The van der Waals surface area contributed by atoms with Crippen LogP contribution in [0.15, 0.2) is 66.9 Å². The summed E-state index contributed by atoms with van der Waals surface area (Å²) in [6, 6.07) is 19.9. The molecule has 1 heterocycles. The smallest absolute Gasteiger partial charge is 0.133 e. The molecule has 2 aromatic carbocycles. The van der Waals surface area contributed by atoms with E-state index in [0.29, 0.717) is 0 Å². The van der Waals surface area contributed by atoms with Gasteiger partial charge in [0.25, 0.3) is 0 Å². The average Bonchev–Trinajstić information content (AvgIpc) is 2.55. The van der Waals surface area contributed by atoms with Crippen LogP contribution in [0.4, 0.5) is 5.82 Å². The molecule has 0 amide bonds. The van der Waals surface area contributed by atoms with Crippen LogP contribution in [0.2, 0.25) is 0 Å². The number of para-hydroxylation sites is 1. The lowest BCUT2D eigenvalue weighted by Crippen LogP contribution is -1.91. The van der Waals surface area contributed by atoms with Gasteiger partial charge in [0.15, 0.2) is 0 Å². The molecule has 0 aliphatic rings. The third-order valence-corrected chi connectivity index (χ3v) is 2.89. The molecule has 1 N–H and O–H groups in total. The molecular formula is C17H18N2O. The largest absolute Gasteiger partial charge is 0.497 e. The topological polar surface area (TPSA) is 34.2 Å². The van der Waals surface area contributed by atoms with Crippen molar-refractivity contribution < 1.29 is 4.74 Å². The minimum Gasteiger partial charge on any atom is -0.497 e. The molecule has 1 aromatic heterocycles. The Balaban J connectivity index is 0.000000160. The summed E-state index contributed by atoms with van der Waals surface area (Å²) in [6.07, 6.45) is 1.81. The van der Waals surface area contributed by atoms with Gasteiger partial charge in [0.05, 0.1) is 7.11 Å². The van der Waals surface area contributed by atoms with Gasteiger partial charge in [-0.3, -0.25) is 0 Å². The predicted molar refractivity (Wildman–Crippen MR) is 84.3 cm³/mol. The van der Waals surface area contributed by atoms with E-state index in [0.717, 1.165) is 11.6 Å². The minimum absolute atomic E-state index is 0.910. The van der Waals surface area contributed by atoms with Crippen molar-refractivity contribution in [2.45, 2.75) is 0 Å². The quantitative estimate of drug-likeness (QED) is 0.762. The van der Waals surface area contributed by atoms with E-state index >= 15 is 0 Å². The van der Waals surface area contributed by atoms with Crippen LogP contribution in [0.25, 0.3) is 10.8 Å². The number of rotatable bonds is 2. The predicted octanol–water partition coefficient (Wildman–Crippen LogP) is 3.97. The van der Waals surface area contributed by atoms with Gasteiger partial charge in [-0.25, -0.2) is 4.98 Å². The maximum absolute atomic E-state index is 4.91. The summed E-state index contributed by atoms with van der Waals surface area (Å²) in [7, 11) is 3.55. The Morgan fingerprint density at radius 1 is 0.900 bits per heavy atom. The first-order chi connectivity index (χ1) is 9.85. The van der Waals surface area contributed by atoms with Gasteiger partial charge in [-0.15, -0.1) is 0 Å². The van der Waals surface area contributed by atoms with Gasteiger partial charge in [-0.1, -0.05) is 42.5 Å². The number of ether oxygens (including phenoxy) is 1. The number of methoxy groups -OCH3 is 1. The van der Waals surface area contributed by atoms with Gasteiger partial charge in [0.1, 0.15) is 11.6 Å². The molecule has 3 aromatic rings. The highest BCUT2D eigenvalue weighted by Gasteiger charge is 1.96. The zero-order chi connectivity index (χ0) is 14.2. The first kappa shape index (κ1) is 13.9. The van der Waals surface area contributed by atoms with Crippen molar-refractivity contribution in [1.29, 1.82) is 0 Å². The summed E-state index contributed by atoms with van der Waals surface area (Å²) in [5, 5.41) is 5.45. The lowest BCUT2D eigenvalue weighted by molar-refractivity contribution is 0.415. The number of aromatic nitrogens is 1. The first-order valence-electron chi connectivity index (χ1n) is 6.45. The number of pyridine rings is 1. The molecule has 0 fully saturated rings. The molecule has 0 saturated carbocycles. The highest BCUT2D eigenvalue weighted by Crippen LogP contribution is 2.19. The molecule has 3 rings (SSSR count). The van der Waals surface area contributed by atoms with Gasteiger partial charge in [-0.2, -0.15) is 0 Å². The monoisotopic (exact) mass is 266 g/mol. The molecule has 0 saturated heterocycles. The number of fused-ring (bicyclic) bond motifs is 1. The fourth-order valence-corrected chi connectivity index (χ4v) is 1.88. The summed E-state index contributed by atoms with van der Waals surface area (Å²) in [5.41, 5.74) is 0. The molecule has 20 heavy (non-hydrogen) atoms. The van der Waals surface area contributed by atoms with Crippen LogP contribution in [-0.4, -0.2) is 19.1 Å². The van der Waals surface area contributed by atoms with Crippen molar-refractivity contribution in [2.24, 2.45) is 0 Å². The molecule has 0 spiro atoms. The molecular weight excluding hydrogens is 248 g/mol. The summed E-state index contributed by atoms with van der Waals surface area (Å²) >= 11 is 0. The molecule has 3 heteroatoms. The highest BCUT2D eigenvalue weighted by atomic mass is 16.5. The van der Waals surface area contributed by atoms with Crippen LogP contribution >= 0.6 is 0 Å². The van der Waals surface area contributed by atoms with E-state index in [2.05, 4.69) is 22.4 Å². The molecule has 0 aliphatic carbocycles. The Morgan fingerprint density at radius 2 is 1.60 bits per heavy atom. The highest BCUT2D eigenvalue weighted by molar-refractivity contribution is 5.91. The minimum atomic E-state index is 0.910. The van der Waals surface area contributed by atoms with E-state index in [9.17, 15) is 0 Å². The van der Waals surface area contributed by atoms with Crippen molar-refractivity contribution in [3.05, 3.63) is 66.9 Å². The molecule has 3 nitrogen and oxygen atoms in total. The second kappa shape index (κ2) is 7.14. The van der Waals surface area contributed by atoms with Gasteiger partial charge in [0, 0.05) is 18.6 Å². The maximum Gasteiger partial charge on any atom is 0.133 e. The van der Waals surface area contributed by atoms with Gasteiger partial charge < -0.3 is 10.1 Å². The molecule has 0 aliphatic heterocycles. The van der Waals surface area contributed by atoms with E-state index in [1.165, 1.54) is 10.8 Å². The van der Waals surface area contributed by atoms with Crippen LogP contribution in [-0.2, 0) is 0 Å². The zero-order valence-corrected chi connectivity index (χ0v) is 11.7. The zero-order valence-electron chi connectivity index (χ0n) is 11.7. The Kier molecular flexibility index (Phi) is 4.95. The van der Waals surface area contributed by atoms with Gasteiger partial charge in [0.2, 0.25) is 0 Å². The number of anilines is 1. The standard InChI is InChI=1S/C10H10N2.C7H8O/c1-11-10-9-5-3-2-4-8(9)6-7-12-10;1-8-7-5-3-2-4-6-7/h2-7H,1H3,(H,11,12);2-6H,1H3. The maximum atomic E-state index is 4.91. The second-order valence-electron chi connectivity index (χ2n) is 4.15. The van der Waals surface area contributed by atoms with Crippen molar-refractivity contribution in [1.82, 2.24) is 4.98 Å². The fraction of sp³-hybridized carbons (Fsp3) is 0.118. The van der Waals surface area contributed by atoms with E-state index in [1.54, 1.807) is 7.11 Å². The summed E-state index contributed by atoms with van der Waals surface area (Å²) in [4.78, 5) is 4.21. The van der Waals surface area contributed by atoms with E-state index in [1.807, 2.05) is 61.8 Å². The average molecular weight is 266 g/mol. The van der Waals surface area contributed by atoms with Gasteiger partial charge in [-0.05, 0) is 23.6 Å². The molecule has 0 radical (unpaired) electrons. The third-order valence-electron chi connectivity index (χ3n) is 2.89. The first-order valence-corrected chi connectivity index (χ1v) is 6.45. The number of nitrogens with zero attached hydrogens (tertiary/aromatic N) is 1. The molecule has 0 unspecified atom stereocenters. The van der Waals surface area contributed by atoms with E-state index in [4.69, 9.17) is 4.74 Å². The van der Waals surface area contributed by atoms with Gasteiger partial charge >= 0.3 is 0 Å². The number of hydrogen-bond donors (Lipinski definition) is 1. The number of nitrogens with one attached hydrogen (secondary N) is 1. The Bertz CT molecular complexity index is 648. The van der Waals surface area contributed by atoms with Crippen molar-refractivity contribution in [3.8, 4) is 5.75 Å². The summed E-state index contributed by atoms with van der Waals surface area (Å²) in [6.45, 7) is 0. The molecule has 0 bridgehead atoms. The second-order valence-corrected chi connectivity index (χ2v) is 4.15. The van der Waals surface area contributed by atoms with Crippen LogP contribution < -0.4 is 10.1 Å². The Labute approximate surface area is 119 Å². The molecule has 102 valence electrons. The normalized spacial score (nSPS) is 9.50. The lowest BCUT2D eigenvalue weighted by atomic mass is 10.2. The number of benzene rings is 2. The van der Waals surface area contributed by atoms with Crippen molar-refractivity contribution in [3.63, 3.8) is 0 Å². The van der Waals surface area contributed by atoms with Crippen molar-refractivity contribution in [2.75, 3.05) is 19.5 Å². The number of hydrogen-bond acceptors (Lipinski definition) is 3. The Hall–Kier alpha value is -2.55. The third kappa shape index (κ3) is 3.48. The summed E-state index contributed by atoms with van der Waals surface area (Å²) in [5.74, 6) is 1.85. The fourth-order valence-electron chi connectivity index (χ4n) is 1.88. The van der Waals surface area contributed by atoms with Crippen LogP contribution in [0, 0.1) is 0 Å². The Morgan fingerprint density at radius 3 is 2.25 bits per heavy atom.